The average Bonchev–Trinajstić information content (AvgIpc) is 3.34. The Labute approximate surface area is 168 Å². The molecule has 6 nitrogen and oxygen atoms in total. The average molecular weight is 386 g/mol. The number of rotatable bonds is 5. The van der Waals surface area contributed by atoms with Crippen LogP contribution in [0, 0.1) is 12.8 Å². The Kier molecular flexibility index (Phi) is 4.19. The van der Waals surface area contributed by atoms with E-state index in [1.165, 1.54) is 0 Å². The van der Waals surface area contributed by atoms with E-state index in [0.717, 1.165) is 29.5 Å². The van der Waals surface area contributed by atoms with Crippen LogP contribution in [0.1, 0.15) is 40.5 Å². The second-order valence-electron chi connectivity index (χ2n) is 7.64. The van der Waals surface area contributed by atoms with Crippen LogP contribution in [-0.2, 0) is 7.05 Å². The normalized spacial score (nSPS) is 14.8. The van der Waals surface area contributed by atoms with Gasteiger partial charge in [-0.3, -0.25) is 9.48 Å². The Morgan fingerprint density at radius 1 is 1.21 bits per heavy atom. The van der Waals surface area contributed by atoms with Gasteiger partial charge in [0.1, 0.15) is 5.69 Å². The minimum atomic E-state index is -0.109. The number of furan rings is 1. The van der Waals surface area contributed by atoms with Gasteiger partial charge in [-0.1, -0.05) is 30.3 Å². The molecule has 0 spiro atoms. The second-order valence-corrected chi connectivity index (χ2v) is 7.64. The van der Waals surface area contributed by atoms with Gasteiger partial charge in [-0.25, -0.2) is 4.98 Å². The topological polar surface area (TPSA) is 73.0 Å². The number of aryl methyl sites for hydroxylation is 2. The van der Waals surface area contributed by atoms with Gasteiger partial charge in [0.25, 0.3) is 5.91 Å². The Hall–Kier alpha value is -3.41. The fraction of sp³-hybridized carbons (Fsp3) is 0.261. The second kappa shape index (κ2) is 6.88. The van der Waals surface area contributed by atoms with Crippen molar-refractivity contribution in [3.8, 4) is 11.5 Å². The van der Waals surface area contributed by atoms with E-state index in [-0.39, 0.29) is 11.9 Å². The van der Waals surface area contributed by atoms with Crippen LogP contribution in [0.15, 0.2) is 59.2 Å². The molecule has 0 radical (unpaired) electrons. The molecule has 1 fully saturated rings. The Morgan fingerprint density at radius 3 is 2.69 bits per heavy atom. The van der Waals surface area contributed by atoms with Gasteiger partial charge in [0, 0.05) is 7.05 Å². The molecule has 6 heteroatoms. The van der Waals surface area contributed by atoms with Crippen LogP contribution in [-0.4, -0.2) is 20.7 Å². The monoisotopic (exact) mass is 386 g/mol. The molecular weight excluding hydrogens is 364 g/mol. The number of benzene rings is 1. The third-order valence-corrected chi connectivity index (χ3v) is 5.53. The zero-order chi connectivity index (χ0) is 20.0. The highest BCUT2D eigenvalue weighted by Crippen LogP contribution is 2.41. The highest BCUT2D eigenvalue weighted by atomic mass is 16.3. The fourth-order valence-corrected chi connectivity index (χ4v) is 3.96. The molecule has 1 N–H and O–H groups in total. The van der Waals surface area contributed by atoms with E-state index >= 15 is 0 Å². The Bertz CT molecular complexity index is 1170. The van der Waals surface area contributed by atoms with Crippen molar-refractivity contribution in [3.63, 3.8) is 0 Å². The predicted molar refractivity (Wildman–Crippen MR) is 110 cm³/mol. The maximum Gasteiger partial charge on any atom is 0.252 e. The smallest absolute Gasteiger partial charge is 0.252 e. The molecule has 1 saturated carbocycles. The largest absolute Gasteiger partial charge is 0.463 e. The zero-order valence-corrected chi connectivity index (χ0v) is 16.4. The number of carbonyl (C=O) groups is 1. The van der Waals surface area contributed by atoms with Crippen molar-refractivity contribution in [2.24, 2.45) is 13.0 Å². The molecule has 1 aromatic carbocycles. The molecule has 1 atom stereocenters. The van der Waals surface area contributed by atoms with E-state index in [4.69, 9.17) is 9.40 Å². The molecule has 5 rings (SSSR count). The maximum absolute atomic E-state index is 13.5. The first-order valence-electron chi connectivity index (χ1n) is 9.86. The van der Waals surface area contributed by atoms with Crippen LogP contribution >= 0.6 is 0 Å². The van der Waals surface area contributed by atoms with Crippen LogP contribution in [0.5, 0.6) is 0 Å². The van der Waals surface area contributed by atoms with E-state index in [9.17, 15) is 4.79 Å². The minimum absolute atomic E-state index is 0.0101. The van der Waals surface area contributed by atoms with E-state index in [1.54, 1.807) is 17.0 Å². The summed E-state index contributed by atoms with van der Waals surface area (Å²) in [6.07, 6.45) is 3.87. The summed E-state index contributed by atoms with van der Waals surface area (Å²) in [6, 6.07) is 15.7. The molecule has 1 aliphatic carbocycles. The van der Waals surface area contributed by atoms with E-state index in [1.807, 2.05) is 44.3 Å². The number of aromatic nitrogens is 3. The van der Waals surface area contributed by atoms with E-state index in [2.05, 4.69) is 22.5 Å². The molecule has 0 saturated heterocycles. The first-order valence-corrected chi connectivity index (χ1v) is 9.86. The van der Waals surface area contributed by atoms with Crippen molar-refractivity contribution in [1.82, 2.24) is 20.1 Å². The third kappa shape index (κ3) is 3.20. The summed E-state index contributed by atoms with van der Waals surface area (Å²) in [6.45, 7) is 1.91. The van der Waals surface area contributed by atoms with E-state index in [0.29, 0.717) is 28.6 Å². The van der Waals surface area contributed by atoms with Crippen LogP contribution in [0.25, 0.3) is 22.5 Å². The van der Waals surface area contributed by atoms with Crippen molar-refractivity contribution >= 4 is 16.9 Å². The summed E-state index contributed by atoms with van der Waals surface area (Å²) in [7, 11) is 1.84. The highest BCUT2D eigenvalue weighted by Gasteiger charge is 2.34. The summed E-state index contributed by atoms with van der Waals surface area (Å²) in [5, 5.41) is 8.54. The number of fused-ring (bicyclic) bond motifs is 1. The number of nitrogens with one attached hydrogen (secondary N) is 1. The number of nitrogens with zero attached hydrogens (tertiary/aromatic N) is 3. The summed E-state index contributed by atoms with van der Waals surface area (Å²) < 4.78 is 7.24. The van der Waals surface area contributed by atoms with Gasteiger partial charge in [-0.15, -0.1) is 0 Å². The van der Waals surface area contributed by atoms with Crippen LogP contribution in [0.4, 0.5) is 0 Å². The van der Waals surface area contributed by atoms with Gasteiger partial charge in [0.05, 0.1) is 28.9 Å². The molecule has 0 bridgehead atoms. The van der Waals surface area contributed by atoms with Gasteiger partial charge in [-0.05, 0) is 49.4 Å². The Balaban J connectivity index is 1.59. The minimum Gasteiger partial charge on any atom is -0.463 e. The van der Waals surface area contributed by atoms with Crippen LogP contribution < -0.4 is 5.32 Å². The highest BCUT2D eigenvalue weighted by molar-refractivity contribution is 6.07. The van der Waals surface area contributed by atoms with Gasteiger partial charge >= 0.3 is 0 Å². The number of amides is 1. The SMILES string of the molecule is Cc1nn(C)c2nc(-c3ccco3)cc(C(=O)NC(c3ccccc3)C3CC3)c12. The maximum atomic E-state index is 13.5. The summed E-state index contributed by atoms with van der Waals surface area (Å²) >= 11 is 0. The number of pyridine rings is 1. The fourth-order valence-electron chi connectivity index (χ4n) is 3.96. The van der Waals surface area contributed by atoms with Gasteiger partial charge < -0.3 is 9.73 Å². The number of hydrogen-bond acceptors (Lipinski definition) is 4. The third-order valence-electron chi connectivity index (χ3n) is 5.53. The summed E-state index contributed by atoms with van der Waals surface area (Å²) in [5.41, 5.74) is 3.80. The van der Waals surface area contributed by atoms with Crippen molar-refractivity contribution in [1.29, 1.82) is 0 Å². The van der Waals surface area contributed by atoms with Gasteiger partial charge in [0.2, 0.25) is 0 Å². The molecular formula is C23H22N4O2. The number of hydrogen-bond donors (Lipinski definition) is 1. The summed E-state index contributed by atoms with van der Waals surface area (Å²) in [4.78, 5) is 18.1. The van der Waals surface area contributed by atoms with Gasteiger partial charge in [-0.2, -0.15) is 5.10 Å². The molecule has 0 aliphatic heterocycles. The lowest BCUT2D eigenvalue weighted by molar-refractivity contribution is 0.0933. The standard InChI is InChI=1S/C23H22N4O2/c1-14-20-17(13-18(19-9-6-12-29-19)24-22(20)27(2)26-14)23(28)25-21(16-10-11-16)15-7-4-3-5-8-15/h3-9,12-13,16,21H,10-11H2,1-2H3,(H,25,28). The first-order chi connectivity index (χ1) is 14.1. The summed E-state index contributed by atoms with van der Waals surface area (Å²) in [5.74, 6) is 1.00. The first kappa shape index (κ1) is 17.7. The molecule has 4 aromatic rings. The quantitative estimate of drug-likeness (QED) is 0.551. The van der Waals surface area contributed by atoms with E-state index < -0.39 is 0 Å². The van der Waals surface area contributed by atoms with Crippen molar-refractivity contribution in [2.75, 3.05) is 0 Å². The molecule has 3 aromatic heterocycles. The molecule has 1 aliphatic rings. The van der Waals surface area contributed by atoms with Gasteiger partial charge in [0.15, 0.2) is 11.4 Å². The number of carbonyl (C=O) groups excluding carboxylic acids is 1. The molecule has 3 heterocycles. The predicted octanol–water partition coefficient (Wildman–Crippen LogP) is 4.42. The van der Waals surface area contributed by atoms with Crippen molar-refractivity contribution < 1.29 is 9.21 Å². The molecule has 146 valence electrons. The molecule has 1 unspecified atom stereocenters. The Morgan fingerprint density at radius 2 is 2.00 bits per heavy atom. The molecule has 29 heavy (non-hydrogen) atoms. The lowest BCUT2D eigenvalue weighted by atomic mass is 10.0. The zero-order valence-electron chi connectivity index (χ0n) is 16.4. The van der Waals surface area contributed by atoms with Crippen LogP contribution in [0.3, 0.4) is 0 Å². The molecule has 1 amide bonds. The lowest BCUT2D eigenvalue weighted by Gasteiger charge is -2.19. The lowest BCUT2D eigenvalue weighted by Crippen LogP contribution is -2.30. The van der Waals surface area contributed by atoms with Crippen LogP contribution in [0.2, 0.25) is 0 Å². The van der Waals surface area contributed by atoms with Crippen molar-refractivity contribution in [3.05, 3.63) is 71.6 Å². The van der Waals surface area contributed by atoms with Crippen molar-refractivity contribution in [2.45, 2.75) is 25.8 Å².